The normalized spacial score (nSPS) is 10.9. The average Bonchev–Trinajstić information content (AvgIpc) is 2.76. The van der Waals surface area contributed by atoms with Crippen molar-refractivity contribution in [1.82, 2.24) is 20.5 Å². The van der Waals surface area contributed by atoms with Gasteiger partial charge in [0.1, 0.15) is 10.7 Å². The van der Waals surface area contributed by atoms with E-state index in [0.717, 1.165) is 22.3 Å². The third-order valence-electron chi connectivity index (χ3n) is 2.01. The molecule has 2 heterocycles. The summed E-state index contributed by atoms with van der Waals surface area (Å²) >= 11 is 1.58. The number of hydrogen-bond acceptors (Lipinski definition) is 5. The number of aromatic nitrogens is 3. The number of pyridine rings is 1. The molecule has 0 aromatic carbocycles. The van der Waals surface area contributed by atoms with E-state index < -0.39 is 0 Å². The molecule has 0 aliphatic carbocycles. The quantitative estimate of drug-likeness (QED) is 0.880. The standard InChI is InChI=1S/C11H14N4S/c1-8(2)13-7-10-14-15-11(16-10)9-5-3-4-6-12-9/h3-6,8,13H,7H2,1-2H3. The highest BCUT2D eigenvalue weighted by atomic mass is 32.1. The fourth-order valence-electron chi connectivity index (χ4n) is 1.21. The van der Waals surface area contributed by atoms with Crippen molar-refractivity contribution in [2.24, 2.45) is 0 Å². The Kier molecular flexibility index (Phi) is 3.58. The van der Waals surface area contributed by atoms with Gasteiger partial charge in [0.15, 0.2) is 5.01 Å². The molecule has 0 saturated carbocycles. The van der Waals surface area contributed by atoms with E-state index >= 15 is 0 Å². The molecule has 2 aromatic heterocycles. The van der Waals surface area contributed by atoms with E-state index in [1.807, 2.05) is 18.2 Å². The third kappa shape index (κ3) is 2.84. The van der Waals surface area contributed by atoms with Gasteiger partial charge < -0.3 is 5.32 Å². The summed E-state index contributed by atoms with van der Waals surface area (Å²) in [4.78, 5) is 4.25. The molecule has 0 bridgehead atoms. The first-order chi connectivity index (χ1) is 7.75. The second-order valence-electron chi connectivity index (χ2n) is 3.75. The van der Waals surface area contributed by atoms with Crippen LogP contribution < -0.4 is 5.32 Å². The minimum absolute atomic E-state index is 0.460. The second kappa shape index (κ2) is 5.14. The van der Waals surface area contributed by atoms with Gasteiger partial charge in [0.25, 0.3) is 0 Å². The molecule has 2 rings (SSSR count). The third-order valence-corrected chi connectivity index (χ3v) is 2.96. The van der Waals surface area contributed by atoms with E-state index in [1.165, 1.54) is 0 Å². The molecule has 0 unspecified atom stereocenters. The lowest BCUT2D eigenvalue weighted by atomic mass is 10.4. The van der Waals surface area contributed by atoms with Crippen LogP contribution in [0.3, 0.4) is 0 Å². The molecule has 0 aliphatic rings. The summed E-state index contributed by atoms with van der Waals surface area (Å²) in [6.45, 7) is 4.99. The lowest BCUT2D eigenvalue weighted by molar-refractivity contribution is 0.585. The van der Waals surface area contributed by atoms with Crippen molar-refractivity contribution in [3.8, 4) is 10.7 Å². The zero-order chi connectivity index (χ0) is 11.4. The van der Waals surface area contributed by atoms with E-state index in [1.54, 1.807) is 17.5 Å². The fraction of sp³-hybridized carbons (Fsp3) is 0.364. The predicted octanol–water partition coefficient (Wildman–Crippen LogP) is 2.10. The van der Waals surface area contributed by atoms with Gasteiger partial charge in [-0.2, -0.15) is 0 Å². The lowest BCUT2D eigenvalue weighted by Crippen LogP contribution is -2.21. The van der Waals surface area contributed by atoms with E-state index in [2.05, 4.69) is 34.3 Å². The van der Waals surface area contributed by atoms with E-state index in [9.17, 15) is 0 Å². The van der Waals surface area contributed by atoms with E-state index in [4.69, 9.17) is 0 Å². The van der Waals surface area contributed by atoms with Crippen LogP contribution in [0.4, 0.5) is 0 Å². The van der Waals surface area contributed by atoms with Crippen molar-refractivity contribution < 1.29 is 0 Å². The average molecular weight is 234 g/mol. The first kappa shape index (κ1) is 11.2. The maximum atomic E-state index is 4.25. The molecule has 0 aliphatic heterocycles. The molecule has 84 valence electrons. The predicted molar refractivity (Wildman–Crippen MR) is 65.1 cm³/mol. The van der Waals surface area contributed by atoms with Gasteiger partial charge in [-0.3, -0.25) is 4.98 Å². The summed E-state index contributed by atoms with van der Waals surface area (Å²) in [6, 6.07) is 6.25. The van der Waals surface area contributed by atoms with Gasteiger partial charge in [-0.15, -0.1) is 10.2 Å². The zero-order valence-electron chi connectivity index (χ0n) is 9.34. The molecule has 5 heteroatoms. The van der Waals surface area contributed by atoms with Gasteiger partial charge in [0, 0.05) is 18.8 Å². The molecular weight excluding hydrogens is 220 g/mol. The van der Waals surface area contributed by atoms with Gasteiger partial charge in [-0.25, -0.2) is 0 Å². The van der Waals surface area contributed by atoms with Gasteiger partial charge in [0.2, 0.25) is 0 Å². The van der Waals surface area contributed by atoms with Crippen LogP contribution in [0.1, 0.15) is 18.9 Å². The van der Waals surface area contributed by atoms with Gasteiger partial charge >= 0.3 is 0 Å². The Hall–Kier alpha value is -1.33. The zero-order valence-corrected chi connectivity index (χ0v) is 10.2. The van der Waals surface area contributed by atoms with Crippen LogP contribution in [-0.2, 0) is 6.54 Å². The Labute approximate surface area is 98.8 Å². The summed E-state index contributed by atoms with van der Waals surface area (Å²) in [5.41, 5.74) is 0.885. The van der Waals surface area contributed by atoms with Gasteiger partial charge in [-0.05, 0) is 12.1 Å². The van der Waals surface area contributed by atoms with Crippen molar-refractivity contribution in [3.05, 3.63) is 29.4 Å². The molecule has 1 N–H and O–H groups in total. The molecule has 0 fully saturated rings. The Balaban J connectivity index is 2.08. The molecule has 0 amide bonds. The van der Waals surface area contributed by atoms with Crippen molar-refractivity contribution in [2.45, 2.75) is 26.4 Å². The number of nitrogens with zero attached hydrogens (tertiary/aromatic N) is 3. The SMILES string of the molecule is CC(C)NCc1nnc(-c2ccccn2)s1. The van der Waals surface area contributed by atoms with Crippen LogP contribution >= 0.6 is 11.3 Å². The minimum atomic E-state index is 0.460. The number of hydrogen-bond donors (Lipinski definition) is 1. The summed E-state index contributed by atoms with van der Waals surface area (Å²) in [7, 11) is 0. The smallest absolute Gasteiger partial charge is 0.166 e. The van der Waals surface area contributed by atoms with Crippen molar-refractivity contribution in [3.63, 3.8) is 0 Å². The Morgan fingerprint density at radius 1 is 1.31 bits per heavy atom. The fourth-order valence-corrected chi connectivity index (χ4v) is 1.98. The number of nitrogens with one attached hydrogen (secondary N) is 1. The number of rotatable bonds is 4. The highest BCUT2D eigenvalue weighted by Gasteiger charge is 2.07. The molecule has 0 atom stereocenters. The van der Waals surface area contributed by atoms with Crippen LogP contribution in [0.15, 0.2) is 24.4 Å². The first-order valence-corrected chi connectivity index (χ1v) is 6.04. The van der Waals surface area contributed by atoms with Crippen LogP contribution in [-0.4, -0.2) is 21.2 Å². The van der Waals surface area contributed by atoms with Crippen LogP contribution in [0, 0.1) is 0 Å². The topological polar surface area (TPSA) is 50.7 Å². The maximum absolute atomic E-state index is 4.25. The van der Waals surface area contributed by atoms with Crippen LogP contribution in [0.25, 0.3) is 10.7 Å². The molecule has 0 radical (unpaired) electrons. The minimum Gasteiger partial charge on any atom is -0.308 e. The van der Waals surface area contributed by atoms with Crippen molar-refractivity contribution in [2.75, 3.05) is 0 Å². The monoisotopic (exact) mass is 234 g/mol. The summed E-state index contributed by atoms with van der Waals surface area (Å²) in [5.74, 6) is 0. The maximum Gasteiger partial charge on any atom is 0.166 e. The molecule has 2 aromatic rings. The van der Waals surface area contributed by atoms with E-state index in [-0.39, 0.29) is 0 Å². The van der Waals surface area contributed by atoms with Gasteiger partial charge in [0.05, 0.1) is 0 Å². The van der Waals surface area contributed by atoms with Crippen molar-refractivity contribution >= 4 is 11.3 Å². The Bertz CT molecular complexity index is 438. The summed E-state index contributed by atoms with van der Waals surface area (Å²) in [5, 5.41) is 13.4. The molecule has 0 saturated heterocycles. The Morgan fingerprint density at radius 2 is 2.19 bits per heavy atom. The molecule has 16 heavy (non-hydrogen) atoms. The lowest BCUT2D eigenvalue weighted by Gasteiger charge is -2.03. The van der Waals surface area contributed by atoms with Gasteiger partial charge in [-0.1, -0.05) is 31.3 Å². The largest absolute Gasteiger partial charge is 0.308 e. The van der Waals surface area contributed by atoms with E-state index in [0.29, 0.717) is 6.04 Å². The van der Waals surface area contributed by atoms with Crippen LogP contribution in [0.5, 0.6) is 0 Å². The summed E-state index contributed by atoms with van der Waals surface area (Å²) in [6.07, 6.45) is 1.77. The van der Waals surface area contributed by atoms with Crippen molar-refractivity contribution in [1.29, 1.82) is 0 Å². The Morgan fingerprint density at radius 3 is 2.88 bits per heavy atom. The molecule has 4 nitrogen and oxygen atoms in total. The second-order valence-corrected chi connectivity index (χ2v) is 4.81. The highest BCUT2D eigenvalue weighted by Crippen LogP contribution is 2.20. The first-order valence-electron chi connectivity index (χ1n) is 5.23. The molecule has 0 spiro atoms. The van der Waals surface area contributed by atoms with Crippen LogP contribution in [0.2, 0.25) is 0 Å². The highest BCUT2D eigenvalue weighted by molar-refractivity contribution is 7.14. The molecular formula is C11H14N4S. The summed E-state index contributed by atoms with van der Waals surface area (Å²) < 4.78 is 0.